The first kappa shape index (κ1) is 7.00. The molecule has 0 N–H and O–H groups in total. The molecule has 0 spiro atoms. The number of hydrogen-bond donors (Lipinski definition) is 0. The molecule has 0 bridgehead atoms. The summed E-state index contributed by atoms with van der Waals surface area (Å²) in [4.78, 5) is 0. The Labute approximate surface area is 49.7 Å². The highest BCUT2D eigenvalue weighted by atomic mass is 32.2. The van der Waals surface area contributed by atoms with Crippen molar-refractivity contribution in [3.05, 3.63) is 0 Å². The monoisotopic (exact) mass is 138 g/mol. The molecule has 0 aromatic rings. The van der Waals surface area contributed by atoms with Gasteiger partial charge in [0, 0.05) is 18.3 Å². The molecule has 1 atom stereocenters. The molecule has 0 fully saturated rings. The molecule has 3 nitrogen and oxygen atoms in total. The first-order valence-corrected chi connectivity index (χ1v) is 2.96. The first-order valence-electron chi connectivity index (χ1n) is 1.46. The van der Waals surface area contributed by atoms with Crippen LogP contribution in [-0.4, -0.2) is 25.6 Å². The number of rotatable bonds is 2. The van der Waals surface area contributed by atoms with Gasteiger partial charge in [-0.25, -0.2) is 0 Å². The highest BCUT2D eigenvalue weighted by molar-refractivity contribution is 7.82. The lowest BCUT2D eigenvalue weighted by molar-refractivity contribution is 0.500. The van der Waals surface area contributed by atoms with Gasteiger partial charge in [-0.05, 0) is 0 Å². The number of hydrogen-bond acceptors (Lipinski definition) is 3. The number of thiocarbonyl (C=S) groups is 1. The molecular weight excluding hydrogens is 134 g/mol. The van der Waals surface area contributed by atoms with Crippen LogP contribution in [0.25, 0.3) is 0 Å². The van der Waals surface area contributed by atoms with Gasteiger partial charge in [-0.2, -0.15) is 0 Å². The molecule has 5 heteroatoms. The van der Waals surface area contributed by atoms with Crippen LogP contribution in [-0.2, 0) is 11.3 Å². The molecule has 0 amide bonds. The standard InChI is InChI=1S/C2H5NO2S2/c1-3(2-6)7(4)5/h2H,1H3,(H,4,5)/p-1. The normalized spacial score (nSPS) is 12.9. The van der Waals surface area contributed by atoms with E-state index in [0.717, 1.165) is 9.80 Å². The molecule has 0 aliphatic carbocycles. The third-order valence-electron chi connectivity index (χ3n) is 0.384. The van der Waals surface area contributed by atoms with Crippen LogP contribution < -0.4 is 0 Å². The summed E-state index contributed by atoms with van der Waals surface area (Å²) in [7, 11) is 1.36. The topological polar surface area (TPSA) is 43.4 Å². The van der Waals surface area contributed by atoms with Crippen LogP contribution in [0.15, 0.2) is 0 Å². The minimum Gasteiger partial charge on any atom is -0.755 e. The maximum atomic E-state index is 9.76. The van der Waals surface area contributed by atoms with Crippen LogP contribution in [0.1, 0.15) is 0 Å². The molecular formula is C2H4NO2S2-. The Morgan fingerprint density at radius 2 is 2.43 bits per heavy atom. The summed E-state index contributed by atoms with van der Waals surface area (Å²) >= 11 is 2.07. The molecule has 1 unspecified atom stereocenters. The lowest BCUT2D eigenvalue weighted by Gasteiger charge is -2.13. The van der Waals surface area contributed by atoms with Gasteiger partial charge < -0.3 is 8.86 Å². The molecule has 0 saturated carbocycles. The lowest BCUT2D eigenvalue weighted by Crippen LogP contribution is -2.16. The van der Waals surface area contributed by atoms with E-state index >= 15 is 0 Å². The Bertz CT molecular complexity index is 93.7. The summed E-state index contributed by atoms with van der Waals surface area (Å²) in [5.74, 6) is 0. The maximum absolute atomic E-state index is 9.76. The Morgan fingerprint density at radius 1 is 2.00 bits per heavy atom. The summed E-state index contributed by atoms with van der Waals surface area (Å²) in [5.41, 5.74) is 1.04. The van der Waals surface area contributed by atoms with E-state index in [2.05, 4.69) is 12.2 Å². The summed E-state index contributed by atoms with van der Waals surface area (Å²) in [6, 6.07) is 0. The van der Waals surface area contributed by atoms with Crippen molar-refractivity contribution in [1.29, 1.82) is 0 Å². The smallest absolute Gasteiger partial charge is 0.0749 e. The number of nitrogens with zero attached hydrogens (tertiary/aromatic N) is 1. The van der Waals surface area contributed by atoms with Crippen molar-refractivity contribution < 1.29 is 8.76 Å². The quantitative estimate of drug-likeness (QED) is 0.387. The van der Waals surface area contributed by atoms with Gasteiger partial charge in [0.1, 0.15) is 0 Å². The first-order chi connectivity index (χ1) is 3.18. The zero-order valence-corrected chi connectivity index (χ0v) is 5.29. The van der Waals surface area contributed by atoms with Gasteiger partial charge in [-0.3, -0.25) is 4.21 Å². The summed E-state index contributed by atoms with van der Waals surface area (Å²) in [6.45, 7) is 0. The predicted octanol–water partition coefficient (Wildman–Crippen LogP) is -0.331. The van der Waals surface area contributed by atoms with Crippen molar-refractivity contribution in [3.8, 4) is 0 Å². The fraction of sp³-hybridized carbons (Fsp3) is 0.500. The minimum absolute atomic E-state index is 0.898. The average Bonchev–Trinajstić information content (AvgIpc) is 1.65. The van der Waals surface area contributed by atoms with Crippen molar-refractivity contribution in [2.75, 3.05) is 7.05 Å². The van der Waals surface area contributed by atoms with Crippen LogP contribution in [0.3, 0.4) is 0 Å². The van der Waals surface area contributed by atoms with E-state index in [4.69, 9.17) is 0 Å². The van der Waals surface area contributed by atoms with Gasteiger partial charge in [0.15, 0.2) is 0 Å². The van der Waals surface area contributed by atoms with Crippen LogP contribution in [0, 0.1) is 0 Å². The maximum Gasteiger partial charge on any atom is 0.0749 e. The third kappa shape index (κ3) is 2.67. The lowest BCUT2D eigenvalue weighted by atomic mass is 11.3. The SMILES string of the molecule is CN(C=S)S(=O)[O-]. The Balaban J connectivity index is 3.55. The fourth-order valence-corrected chi connectivity index (χ4v) is 0.316. The van der Waals surface area contributed by atoms with Gasteiger partial charge in [0.05, 0.1) is 5.49 Å². The zero-order valence-electron chi connectivity index (χ0n) is 3.66. The largest absolute Gasteiger partial charge is 0.755 e. The molecule has 0 aromatic heterocycles. The van der Waals surface area contributed by atoms with E-state index in [1.165, 1.54) is 7.05 Å². The summed E-state index contributed by atoms with van der Waals surface area (Å²) in [5, 5.41) is 0. The minimum atomic E-state index is -2.19. The van der Waals surface area contributed by atoms with E-state index in [1.54, 1.807) is 0 Å². The third-order valence-corrected chi connectivity index (χ3v) is 1.41. The zero-order chi connectivity index (χ0) is 5.86. The predicted molar refractivity (Wildman–Crippen MR) is 30.3 cm³/mol. The highest BCUT2D eigenvalue weighted by Gasteiger charge is 1.82. The second-order valence-electron chi connectivity index (χ2n) is 0.869. The fourth-order valence-electron chi connectivity index (χ4n) is 0.0351. The van der Waals surface area contributed by atoms with Crippen molar-refractivity contribution in [2.24, 2.45) is 0 Å². The Kier molecular flexibility index (Phi) is 3.06. The van der Waals surface area contributed by atoms with Crippen molar-refractivity contribution in [3.63, 3.8) is 0 Å². The second kappa shape index (κ2) is 3.06. The van der Waals surface area contributed by atoms with Crippen LogP contribution in [0.4, 0.5) is 0 Å². The van der Waals surface area contributed by atoms with Crippen molar-refractivity contribution >= 4 is 29.0 Å². The van der Waals surface area contributed by atoms with Gasteiger partial charge in [0.25, 0.3) is 0 Å². The van der Waals surface area contributed by atoms with Crippen molar-refractivity contribution in [1.82, 2.24) is 4.31 Å². The molecule has 7 heavy (non-hydrogen) atoms. The highest BCUT2D eigenvalue weighted by Crippen LogP contribution is 1.77. The Hall–Kier alpha value is -0.0000000000000000486. The molecule has 0 aliphatic heterocycles. The van der Waals surface area contributed by atoms with E-state index in [-0.39, 0.29) is 0 Å². The van der Waals surface area contributed by atoms with E-state index in [1.807, 2.05) is 0 Å². The Morgan fingerprint density at radius 3 is 2.43 bits per heavy atom. The van der Waals surface area contributed by atoms with Gasteiger partial charge in [0.2, 0.25) is 0 Å². The van der Waals surface area contributed by atoms with E-state index in [9.17, 15) is 8.76 Å². The molecule has 0 aromatic carbocycles. The summed E-state index contributed by atoms with van der Waals surface area (Å²) in [6.07, 6.45) is 0. The molecule has 0 radical (unpaired) electrons. The van der Waals surface area contributed by atoms with Crippen LogP contribution in [0.5, 0.6) is 0 Å². The molecule has 0 saturated heterocycles. The summed E-state index contributed by atoms with van der Waals surface area (Å²) < 4.78 is 20.4. The molecule has 0 aliphatic rings. The van der Waals surface area contributed by atoms with Crippen LogP contribution >= 0.6 is 12.2 Å². The van der Waals surface area contributed by atoms with E-state index < -0.39 is 11.3 Å². The second-order valence-corrected chi connectivity index (χ2v) is 2.09. The van der Waals surface area contributed by atoms with Crippen LogP contribution in [0.2, 0.25) is 0 Å². The van der Waals surface area contributed by atoms with Gasteiger partial charge in [-0.1, -0.05) is 12.2 Å². The van der Waals surface area contributed by atoms with Gasteiger partial charge in [-0.15, -0.1) is 0 Å². The molecule has 42 valence electrons. The van der Waals surface area contributed by atoms with Crippen molar-refractivity contribution in [2.45, 2.75) is 0 Å². The molecule has 0 heterocycles. The average molecular weight is 138 g/mol. The molecule has 0 rings (SSSR count). The van der Waals surface area contributed by atoms with Gasteiger partial charge >= 0.3 is 0 Å². The van der Waals surface area contributed by atoms with E-state index in [0.29, 0.717) is 0 Å².